The molecule has 4 N–H and O–H groups in total. The minimum atomic E-state index is -4.93. The third kappa shape index (κ3) is 76.9. The number of ether oxygens (including phenoxy) is 3. The molecule has 16 nitrogen and oxygen atoms in total. The SMILES string of the molecule is CC/C=C\C/C=C\C/C=C\C/C=C\C/C=C\CCCCCCCCCCCCCCCC(=O)OCC(O)COP(=O)(O)OCC(O)COP(=O)(O)OCC(COC(=O)CCCCCCCCCCC/C=C\C/C=C\C/C=C\C/C=C\C/C=C\CC)OC(=O)CCCCCCCCCCCCC. The Hall–Kier alpha value is -4.05. The summed E-state index contributed by atoms with van der Waals surface area (Å²) in [5.74, 6) is -1.57. The molecule has 582 valence electrons. The smallest absolute Gasteiger partial charge is 0.463 e. The molecule has 0 amide bonds. The van der Waals surface area contributed by atoms with Crippen LogP contribution in [0.15, 0.2) is 122 Å². The fourth-order valence-corrected chi connectivity index (χ4v) is 12.3. The highest BCUT2D eigenvalue weighted by molar-refractivity contribution is 7.47. The third-order valence-corrected chi connectivity index (χ3v) is 18.6. The monoisotopic (exact) mass is 1460 g/mol. The Morgan fingerprint density at radius 1 is 0.287 bits per heavy atom. The quantitative estimate of drug-likeness (QED) is 0.0146. The van der Waals surface area contributed by atoms with E-state index in [1.54, 1.807) is 0 Å². The van der Waals surface area contributed by atoms with Gasteiger partial charge >= 0.3 is 33.6 Å². The van der Waals surface area contributed by atoms with Gasteiger partial charge in [-0.15, -0.1) is 0 Å². The van der Waals surface area contributed by atoms with Gasteiger partial charge in [-0.2, -0.15) is 0 Å². The Balaban J connectivity index is 4.44. The summed E-state index contributed by atoms with van der Waals surface area (Å²) < 4.78 is 61.1. The first-order valence-corrected chi connectivity index (χ1v) is 42.8. The molecule has 5 unspecified atom stereocenters. The predicted octanol–water partition coefficient (Wildman–Crippen LogP) is 23.3. The molecule has 0 aliphatic heterocycles. The van der Waals surface area contributed by atoms with E-state index in [4.69, 9.17) is 32.3 Å². The van der Waals surface area contributed by atoms with E-state index >= 15 is 0 Å². The number of hydrogen-bond acceptors (Lipinski definition) is 14. The van der Waals surface area contributed by atoms with E-state index in [0.29, 0.717) is 19.3 Å². The lowest BCUT2D eigenvalue weighted by atomic mass is 10.0. The first kappa shape index (κ1) is 97.0. The molecule has 0 spiro atoms. The first-order valence-electron chi connectivity index (χ1n) is 39.8. The summed E-state index contributed by atoms with van der Waals surface area (Å²) in [5.41, 5.74) is 0. The van der Waals surface area contributed by atoms with Crippen molar-refractivity contribution in [2.24, 2.45) is 0 Å². The number of carbonyl (C=O) groups excluding carboxylic acids is 3. The number of aliphatic hydroxyl groups excluding tert-OH is 2. The van der Waals surface area contributed by atoms with Crippen LogP contribution in [-0.4, -0.2) is 95.9 Å². The highest BCUT2D eigenvalue weighted by Crippen LogP contribution is 2.45. The van der Waals surface area contributed by atoms with E-state index < -0.39 is 91.5 Å². The van der Waals surface area contributed by atoms with Crippen molar-refractivity contribution >= 4 is 33.6 Å². The van der Waals surface area contributed by atoms with Crippen molar-refractivity contribution in [3.05, 3.63) is 122 Å². The Bertz CT molecular complexity index is 2320. The van der Waals surface area contributed by atoms with Crippen LogP contribution in [-0.2, 0) is 55.8 Å². The molecule has 18 heteroatoms. The molecule has 0 radical (unpaired) electrons. The molecule has 0 aliphatic rings. The van der Waals surface area contributed by atoms with Gasteiger partial charge in [0.05, 0.1) is 26.4 Å². The van der Waals surface area contributed by atoms with E-state index in [1.807, 2.05) is 0 Å². The van der Waals surface area contributed by atoms with Gasteiger partial charge in [0.1, 0.15) is 25.4 Å². The molecule has 0 saturated carbocycles. The number of aliphatic hydroxyl groups is 2. The van der Waals surface area contributed by atoms with Crippen LogP contribution in [0.1, 0.15) is 329 Å². The van der Waals surface area contributed by atoms with Crippen molar-refractivity contribution in [3.63, 3.8) is 0 Å². The molecule has 0 aliphatic carbocycles. The fourth-order valence-electron chi connectivity index (χ4n) is 10.7. The molecule has 5 atom stereocenters. The number of rotatable bonds is 75. The van der Waals surface area contributed by atoms with Gasteiger partial charge in [0, 0.05) is 19.3 Å². The van der Waals surface area contributed by atoms with Gasteiger partial charge in [-0.3, -0.25) is 32.5 Å². The van der Waals surface area contributed by atoms with Crippen molar-refractivity contribution < 1.29 is 75.8 Å². The topological polar surface area (TPSA) is 231 Å². The molecule has 0 aromatic carbocycles. The van der Waals surface area contributed by atoms with Crippen LogP contribution < -0.4 is 0 Å². The molecule has 0 fully saturated rings. The van der Waals surface area contributed by atoms with E-state index in [1.165, 1.54) is 122 Å². The first-order chi connectivity index (χ1) is 49.2. The zero-order valence-electron chi connectivity index (χ0n) is 63.5. The maximum atomic E-state index is 12.9. The summed E-state index contributed by atoms with van der Waals surface area (Å²) in [6.45, 7) is 2.46. The van der Waals surface area contributed by atoms with E-state index in [0.717, 1.165) is 148 Å². The van der Waals surface area contributed by atoms with Crippen molar-refractivity contribution in [1.82, 2.24) is 0 Å². The Kier molecular flexibility index (Phi) is 72.6. The zero-order valence-corrected chi connectivity index (χ0v) is 65.3. The van der Waals surface area contributed by atoms with Gasteiger partial charge in [0.15, 0.2) is 6.10 Å². The standard InChI is InChI=1S/C83H144O16P2/c1-4-7-10-13-16-19-22-24-26-28-30-32-34-36-37-38-39-41-43-44-46-48-50-52-55-57-60-63-66-69-81(86)93-72-78(84)73-95-100(89,90)96-74-79(85)75-97-101(91,92)98-77-80(99-83(88)71-68-65-62-59-54-21-18-15-12-9-6-3)76-94-82(87)70-67-64-61-58-56-53-51-49-47-45-42-40-35-33-31-29-27-25-23-20-17-14-11-8-5-2/h7-8,10-11,16-17,19-20,24-27,30-33,36-37,40,42,78-80,84-85H,4-6,9,12-15,18,21-23,28-29,34-35,38-39,41,43-77H2,1-3H3,(H,89,90)(H,91,92)/b10-7-,11-8-,19-16-,20-17-,26-24-,27-25-,32-30-,33-31-,37-36-,42-40-. The van der Waals surface area contributed by atoms with Gasteiger partial charge < -0.3 is 34.2 Å². The lowest BCUT2D eigenvalue weighted by Crippen LogP contribution is -2.30. The molecular formula is C83H144O16P2. The van der Waals surface area contributed by atoms with E-state index in [2.05, 4.69) is 142 Å². The maximum Gasteiger partial charge on any atom is 0.472 e. The lowest BCUT2D eigenvalue weighted by Gasteiger charge is -2.21. The Morgan fingerprint density at radius 3 is 0.832 bits per heavy atom. The molecule has 0 aromatic rings. The van der Waals surface area contributed by atoms with Crippen molar-refractivity contribution in [2.45, 2.75) is 347 Å². The molecule has 0 rings (SSSR count). The van der Waals surface area contributed by atoms with E-state index in [9.17, 15) is 43.5 Å². The van der Waals surface area contributed by atoms with Gasteiger partial charge in [0.25, 0.3) is 0 Å². The molecular weight excluding hydrogens is 1310 g/mol. The average Bonchev–Trinajstić information content (AvgIpc) is 0.946. The van der Waals surface area contributed by atoms with Gasteiger partial charge in [0.2, 0.25) is 0 Å². The second kappa shape index (κ2) is 75.6. The highest BCUT2D eigenvalue weighted by Gasteiger charge is 2.29. The lowest BCUT2D eigenvalue weighted by molar-refractivity contribution is -0.161. The summed E-state index contributed by atoms with van der Waals surface area (Å²) in [6, 6.07) is 0. The van der Waals surface area contributed by atoms with Crippen LogP contribution in [0.2, 0.25) is 0 Å². The van der Waals surface area contributed by atoms with Crippen LogP contribution >= 0.6 is 15.6 Å². The largest absolute Gasteiger partial charge is 0.472 e. The Labute approximate surface area is 614 Å². The van der Waals surface area contributed by atoms with Crippen LogP contribution in [0.3, 0.4) is 0 Å². The molecule has 101 heavy (non-hydrogen) atoms. The highest BCUT2D eigenvalue weighted by atomic mass is 31.2. The number of phosphoric ester groups is 2. The number of allylic oxidation sites excluding steroid dienone is 20. The number of unbranched alkanes of at least 4 members (excludes halogenated alkanes) is 32. The minimum absolute atomic E-state index is 0.105. The van der Waals surface area contributed by atoms with Crippen molar-refractivity contribution in [1.29, 1.82) is 0 Å². The van der Waals surface area contributed by atoms with Crippen LogP contribution in [0.25, 0.3) is 0 Å². The van der Waals surface area contributed by atoms with Crippen molar-refractivity contribution in [2.75, 3.05) is 39.6 Å². The number of hydrogen-bond donors (Lipinski definition) is 4. The number of carbonyl (C=O) groups is 3. The average molecular weight is 1460 g/mol. The summed E-state index contributed by atoms with van der Waals surface area (Å²) in [6.07, 6.45) is 89.7. The zero-order chi connectivity index (χ0) is 73.7. The fraction of sp³-hybridized carbons (Fsp3) is 0.723. The van der Waals surface area contributed by atoms with Crippen LogP contribution in [0, 0.1) is 0 Å². The molecule has 0 bridgehead atoms. The van der Waals surface area contributed by atoms with Gasteiger partial charge in [-0.1, -0.05) is 322 Å². The molecule has 0 saturated heterocycles. The second-order valence-electron chi connectivity index (χ2n) is 26.5. The Morgan fingerprint density at radius 2 is 0.525 bits per heavy atom. The third-order valence-electron chi connectivity index (χ3n) is 16.7. The molecule has 0 aromatic heterocycles. The van der Waals surface area contributed by atoms with Crippen molar-refractivity contribution in [3.8, 4) is 0 Å². The van der Waals surface area contributed by atoms with Gasteiger partial charge in [-0.05, 0) is 109 Å². The minimum Gasteiger partial charge on any atom is -0.463 e. The summed E-state index contributed by atoms with van der Waals surface area (Å²) in [7, 11) is -9.78. The summed E-state index contributed by atoms with van der Waals surface area (Å²) in [5, 5.41) is 20.6. The number of esters is 3. The maximum absolute atomic E-state index is 12.9. The second-order valence-corrected chi connectivity index (χ2v) is 29.4. The normalized spacial score (nSPS) is 14.6. The summed E-state index contributed by atoms with van der Waals surface area (Å²) in [4.78, 5) is 58.6. The van der Waals surface area contributed by atoms with Crippen LogP contribution in [0.5, 0.6) is 0 Å². The predicted molar refractivity (Wildman–Crippen MR) is 417 cm³/mol. The van der Waals surface area contributed by atoms with Gasteiger partial charge in [-0.25, -0.2) is 9.13 Å². The molecule has 0 heterocycles. The summed E-state index contributed by atoms with van der Waals surface area (Å²) >= 11 is 0. The van der Waals surface area contributed by atoms with Crippen LogP contribution in [0.4, 0.5) is 0 Å². The number of phosphoric acid groups is 2. The van der Waals surface area contributed by atoms with E-state index in [-0.39, 0.29) is 19.3 Å².